The van der Waals surface area contributed by atoms with Crippen molar-refractivity contribution in [1.82, 2.24) is 0 Å². The van der Waals surface area contributed by atoms with E-state index in [9.17, 15) is 0 Å². The minimum absolute atomic E-state index is 0. The van der Waals surface area contributed by atoms with Crippen molar-refractivity contribution in [3.63, 3.8) is 0 Å². The van der Waals surface area contributed by atoms with Crippen molar-refractivity contribution in [3.05, 3.63) is 28.8 Å². The summed E-state index contributed by atoms with van der Waals surface area (Å²) in [6, 6.07) is 5.29. The molecule has 0 saturated heterocycles. The van der Waals surface area contributed by atoms with Crippen LogP contribution >= 0.6 is 24.0 Å². The summed E-state index contributed by atoms with van der Waals surface area (Å²) in [5.41, 5.74) is 12.3. The number of benzene rings is 1. The molecule has 1 rings (SSSR count). The molecule has 0 aliphatic carbocycles. The Labute approximate surface area is 101 Å². The highest BCUT2D eigenvalue weighted by atomic mass is 35.5. The molecule has 0 amide bonds. The Hall–Kier alpha value is -0.480. The summed E-state index contributed by atoms with van der Waals surface area (Å²) in [6.45, 7) is 0.552. The van der Waals surface area contributed by atoms with E-state index >= 15 is 0 Å². The molecule has 1 atom stereocenters. The molecule has 0 bridgehead atoms. The zero-order valence-corrected chi connectivity index (χ0v) is 10.1. The predicted octanol–water partition coefficient (Wildman–Crippen LogP) is 2.12. The second-order valence-electron chi connectivity index (χ2n) is 3.07. The first kappa shape index (κ1) is 14.5. The minimum Gasteiger partial charge on any atom is -0.496 e. The first-order valence-electron chi connectivity index (χ1n) is 4.48. The van der Waals surface area contributed by atoms with Crippen LogP contribution in [0.5, 0.6) is 5.75 Å². The molecular weight excluding hydrogens is 235 g/mol. The van der Waals surface area contributed by atoms with Gasteiger partial charge < -0.3 is 16.2 Å². The normalized spacial score (nSPS) is 11.7. The number of hydrogen-bond donors (Lipinski definition) is 2. The largest absolute Gasteiger partial charge is 0.496 e. The van der Waals surface area contributed by atoms with Gasteiger partial charge in [0, 0.05) is 16.6 Å². The van der Waals surface area contributed by atoms with Crippen molar-refractivity contribution < 1.29 is 4.74 Å². The Morgan fingerprint density at radius 3 is 2.67 bits per heavy atom. The first-order valence-corrected chi connectivity index (χ1v) is 4.86. The van der Waals surface area contributed by atoms with Gasteiger partial charge in [0.1, 0.15) is 5.75 Å². The molecule has 0 unspecified atom stereocenters. The van der Waals surface area contributed by atoms with Gasteiger partial charge in [0.05, 0.1) is 7.11 Å². The van der Waals surface area contributed by atoms with Gasteiger partial charge in [-0.2, -0.15) is 0 Å². The molecule has 86 valence electrons. The highest BCUT2D eigenvalue weighted by molar-refractivity contribution is 6.30. The van der Waals surface area contributed by atoms with Crippen LogP contribution in [0.15, 0.2) is 18.2 Å². The van der Waals surface area contributed by atoms with Crippen LogP contribution in [0, 0.1) is 0 Å². The van der Waals surface area contributed by atoms with Crippen molar-refractivity contribution >= 4 is 24.0 Å². The lowest BCUT2D eigenvalue weighted by Gasteiger charge is -2.15. The number of nitrogens with two attached hydrogens (primary N) is 2. The molecule has 1 aromatic rings. The summed E-state index contributed by atoms with van der Waals surface area (Å²) in [5, 5.41) is 0.660. The quantitative estimate of drug-likeness (QED) is 0.861. The van der Waals surface area contributed by atoms with Crippen molar-refractivity contribution in [3.8, 4) is 5.75 Å². The topological polar surface area (TPSA) is 61.3 Å². The molecule has 0 radical (unpaired) electrons. The average molecular weight is 251 g/mol. The summed E-state index contributed by atoms with van der Waals surface area (Å²) in [5.74, 6) is 0.760. The molecule has 0 aliphatic rings. The van der Waals surface area contributed by atoms with E-state index in [1.807, 2.05) is 12.1 Å². The van der Waals surface area contributed by atoms with Crippen LogP contribution in [-0.2, 0) is 0 Å². The number of hydrogen-bond acceptors (Lipinski definition) is 3. The number of halogens is 2. The fourth-order valence-electron chi connectivity index (χ4n) is 1.33. The van der Waals surface area contributed by atoms with E-state index in [-0.39, 0.29) is 18.4 Å². The van der Waals surface area contributed by atoms with Crippen molar-refractivity contribution in [1.29, 1.82) is 0 Å². The molecule has 4 N–H and O–H groups in total. The van der Waals surface area contributed by atoms with Gasteiger partial charge in [0.2, 0.25) is 0 Å². The predicted molar refractivity (Wildman–Crippen MR) is 65.9 cm³/mol. The van der Waals surface area contributed by atoms with Gasteiger partial charge in [-0.05, 0) is 31.2 Å². The molecule has 0 aromatic heterocycles. The Balaban J connectivity index is 0.00000196. The molecule has 5 heteroatoms. The Morgan fingerprint density at radius 2 is 2.13 bits per heavy atom. The summed E-state index contributed by atoms with van der Waals surface area (Å²) in [6.07, 6.45) is 0.719. The Kier molecular flexibility index (Phi) is 6.68. The molecule has 15 heavy (non-hydrogen) atoms. The number of methoxy groups -OCH3 is 1. The van der Waals surface area contributed by atoms with Crippen LogP contribution in [-0.4, -0.2) is 13.7 Å². The third kappa shape index (κ3) is 3.87. The molecule has 0 heterocycles. The maximum absolute atomic E-state index is 5.93. The van der Waals surface area contributed by atoms with E-state index in [1.165, 1.54) is 0 Å². The lowest BCUT2D eigenvalue weighted by Crippen LogP contribution is -2.16. The molecule has 0 spiro atoms. The van der Waals surface area contributed by atoms with E-state index in [0.29, 0.717) is 11.6 Å². The Bertz CT molecular complexity index is 307. The van der Waals surface area contributed by atoms with Gasteiger partial charge in [-0.3, -0.25) is 0 Å². The zero-order valence-electron chi connectivity index (χ0n) is 8.57. The third-order valence-electron chi connectivity index (χ3n) is 2.07. The molecule has 3 nitrogen and oxygen atoms in total. The van der Waals surface area contributed by atoms with E-state index in [1.54, 1.807) is 13.2 Å². The zero-order chi connectivity index (χ0) is 10.6. The van der Waals surface area contributed by atoms with Crippen LogP contribution in [0.2, 0.25) is 5.02 Å². The smallest absolute Gasteiger partial charge is 0.123 e. The summed E-state index contributed by atoms with van der Waals surface area (Å²) in [7, 11) is 1.61. The van der Waals surface area contributed by atoms with Crippen molar-refractivity contribution in [2.24, 2.45) is 11.5 Å². The van der Waals surface area contributed by atoms with Crippen LogP contribution in [0.25, 0.3) is 0 Å². The second kappa shape index (κ2) is 6.90. The van der Waals surface area contributed by atoms with Crippen molar-refractivity contribution in [2.75, 3.05) is 13.7 Å². The van der Waals surface area contributed by atoms with Crippen LogP contribution < -0.4 is 16.2 Å². The maximum Gasteiger partial charge on any atom is 0.123 e. The highest BCUT2D eigenvalue weighted by Crippen LogP contribution is 2.28. The summed E-state index contributed by atoms with van der Waals surface area (Å²) < 4.78 is 5.19. The minimum atomic E-state index is -0.117. The lowest BCUT2D eigenvalue weighted by molar-refractivity contribution is 0.404. The molecule has 1 aromatic carbocycles. The lowest BCUT2D eigenvalue weighted by atomic mass is 10.0. The third-order valence-corrected chi connectivity index (χ3v) is 2.30. The van der Waals surface area contributed by atoms with Crippen LogP contribution in [0.1, 0.15) is 18.0 Å². The average Bonchev–Trinajstić information content (AvgIpc) is 2.18. The Morgan fingerprint density at radius 1 is 1.47 bits per heavy atom. The van der Waals surface area contributed by atoms with E-state index in [2.05, 4.69) is 0 Å². The van der Waals surface area contributed by atoms with Gasteiger partial charge >= 0.3 is 0 Å². The first-order chi connectivity index (χ1) is 6.69. The van der Waals surface area contributed by atoms with Crippen molar-refractivity contribution in [2.45, 2.75) is 12.5 Å². The SMILES string of the molecule is COc1ccc(Cl)cc1[C@@H](N)CCN.Cl. The molecule has 0 saturated carbocycles. The van der Waals surface area contributed by atoms with E-state index in [0.717, 1.165) is 17.7 Å². The van der Waals surface area contributed by atoms with Gasteiger partial charge in [-0.25, -0.2) is 0 Å². The van der Waals surface area contributed by atoms with Crippen LogP contribution in [0.3, 0.4) is 0 Å². The molecule has 0 fully saturated rings. The summed E-state index contributed by atoms with van der Waals surface area (Å²) in [4.78, 5) is 0. The van der Waals surface area contributed by atoms with Gasteiger partial charge in [0.15, 0.2) is 0 Å². The van der Waals surface area contributed by atoms with Gasteiger partial charge in [-0.15, -0.1) is 12.4 Å². The van der Waals surface area contributed by atoms with Crippen LogP contribution in [0.4, 0.5) is 0 Å². The second-order valence-corrected chi connectivity index (χ2v) is 3.51. The van der Waals surface area contributed by atoms with Gasteiger partial charge in [-0.1, -0.05) is 11.6 Å². The number of rotatable bonds is 4. The standard InChI is InChI=1S/C10H15ClN2O.ClH/c1-14-10-3-2-7(11)6-8(10)9(13)4-5-12;/h2-3,6,9H,4-5,12-13H2,1H3;1H/t9-;/m0./s1. The monoisotopic (exact) mass is 250 g/mol. The van der Waals surface area contributed by atoms with E-state index in [4.69, 9.17) is 27.8 Å². The molecule has 0 aliphatic heterocycles. The maximum atomic E-state index is 5.93. The molecular formula is C10H16Cl2N2O. The summed E-state index contributed by atoms with van der Waals surface area (Å²) >= 11 is 5.88. The fraction of sp³-hybridized carbons (Fsp3) is 0.400. The highest BCUT2D eigenvalue weighted by Gasteiger charge is 2.11. The van der Waals surface area contributed by atoms with Gasteiger partial charge in [0.25, 0.3) is 0 Å². The van der Waals surface area contributed by atoms with E-state index < -0.39 is 0 Å². The fourth-order valence-corrected chi connectivity index (χ4v) is 1.51. The number of ether oxygens (including phenoxy) is 1.